The molecule has 0 aliphatic carbocycles. The molecule has 0 bridgehead atoms. The van der Waals surface area contributed by atoms with Crippen molar-refractivity contribution in [2.24, 2.45) is 7.05 Å². The number of nitrogens with one attached hydrogen (secondary N) is 1. The molecule has 108 valence electrons. The fourth-order valence-electron chi connectivity index (χ4n) is 2.51. The summed E-state index contributed by atoms with van der Waals surface area (Å²) in [5.74, 6) is 0.166. The standard InChI is InChI=1S/C17H24N2O/c1-4-13(2)18-17(20)11-7-8-14-12-19(3)16-10-6-5-9-15(14)16/h5-6,9-10,12-13H,4,7-8,11H2,1-3H3,(H,18,20). The van der Waals surface area contributed by atoms with Gasteiger partial charge in [0.2, 0.25) is 5.91 Å². The molecular formula is C17H24N2O. The normalized spacial score (nSPS) is 12.6. The summed E-state index contributed by atoms with van der Waals surface area (Å²) in [6.07, 6.45) is 5.62. The van der Waals surface area contributed by atoms with Gasteiger partial charge in [-0.15, -0.1) is 0 Å². The minimum Gasteiger partial charge on any atom is -0.354 e. The Hall–Kier alpha value is -1.77. The molecule has 1 atom stereocenters. The molecule has 2 rings (SSSR count). The molecule has 0 aliphatic rings. The third kappa shape index (κ3) is 3.41. The highest BCUT2D eigenvalue weighted by Crippen LogP contribution is 2.21. The van der Waals surface area contributed by atoms with Crippen molar-refractivity contribution in [1.29, 1.82) is 0 Å². The number of hydrogen-bond donors (Lipinski definition) is 1. The summed E-state index contributed by atoms with van der Waals surface area (Å²) < 4.78 is 2.16. The number of rotatable bonds is 6. The zero-order chi connectivity index (χ0) is 14.5. The van der Waals surface area contributed by atoms with E-state index in [9.17, 15) is 4.79 Å². The van der Waals surface area contributed by atoms with Crippen molar-refractivity contribution in [3.05, 3.63) is 36.0 Å². The summed E-state index contributed by atoms with van der Waals surface area (Å²) in [6, 6.07) is 8.70. The number of carbonyl (C=O) groups excluding carboxylic acids is 1. The van der Waals surface area contributed by atoms with Crippen LogP contribution in [-0.2, 0) is 18.3 Å². The summed E-state index contributed by atoms with van der Waals surface area (Å²) in [5.41, 5.74) is 2.59. The van der Waals surface area contributed by atoms with Crippen LogP contribution in [-0.4, -0.2) is 16.5 Å². The molecule has 1 amide bonds. The first-order valence-electron chi connectivity index (χ1n) is 7.44. The number of carbonyl (C=O) groups is 1. The van der Waals surface area contributed by atoms with Gasteiger partial charge in [0.15, 0.2) is 0 Å². The average molecular weight is 272 g/mol. The van der Waals surface area contributed by atoms with Crippen LogP contribution in [0.4, 0.5) is 0 Å². The summed E-state index contributed by atoms with van der Waals surface area (Å²) in [4.78, 5) is 11.8. The monoisotopic (exact) mass is 272 g/mol. The molecule has 0 spiro atoms. The minimum atomic E-state index is 0.166. The SMILES string of the molecule is CCC(C)NC(=O)CCCc1cn(C)c2ccccc12. The third-order valence-corrected chi connectivity index (χ3v) is 3.85. The Kier molecular flexibility index (Phi) is 4.83. The smallest absolute Gasteiger partial charge is 0.220 e. The molecule has 0 aliphatic heterocycles. The summed E-state index contributed by atoms with van der Waals surface area (Å²) >= 11 is 0. The molecule has 1 unspecified atom stereocenters. The van der Waals surface area contributed by atoms with Crippen molar-refractivity contribution >= 4 is 16.8 Å². The molecule has 3 heteroatoms. The second-order valence-electron chi connectivity index (χ2n) is 5.51. The number of aromatic nitrogens is 1. The van der Waals surface area contributed by atoms with E-state index in [1.54, 1.807) is 0 Å². The summed E-state index contributed by atoms with van der Waals surface area (Å²) in [7, 11) is 2.07. The van der Waals surface area contributed by atoms with Crippen LogP contribution in [0.3, 0.4) is 0 Å². The minimum absolute atomic E-state index is 0.166. The topological polar surface area (TPSA) is 34.0 Å². The number of benzene rings is 1. The number of hydrogen-bond acceptors (Lipinski definition) is 1. The first-order chi connectivity index (χ1) is 9.61. The molecule has 2 aromatic rings. The lowest BCUT2D eigenvalue weighted by molar-refractivity contribution is -0.121. The van der Waals surface area contributed by atoms with Gasteiger partial charge in [0.05, 0.1) is 0 Å². The Labute approximate surface area is 121 Å². The highest BCUT2D eigenvalue weighted by atomic mass is 16.1. The van der Waals surface area contributed by atoms with Gasteiger partial charge >= 0.3 is 0 Å². The molecule has 20 heavy (non-hydrogen) atoms. The van der Waals surface area contributed by atoms with Gasteiger partial charge in [-0.25, -0.2) is 0 Å². The van der Waals surface area contributed by atoms with E-state index in [1.165, 1.54) is 16.5 Å². The predicted octanol–water partition coefficient (Wildman–Crippen LogP) is 3.42. The van der Waals surface area contributed by atoms with Crippen LogP contribution in [0.25, 0.3) is 10.9 Å². The number of nitrogens with zero attached hydrogens (tertiary/aromatic N) is 1. The Morgan fingerprint density at radius 1 is 1.35 bits per heavy atom. The maximum absolute atomic E-state index is 11.8. The van der Waals surface area contributed by atoms with Crippen LogP contribution in [0.5, 0.6) is 0 Å². The highest BCUT2D eigenvalue weighted by molar-refractivity contribution is 5.84. The fourth-order valence-corrected chi connectivity index (χ4v) is 2.51. The quantitative estimate of drug-likeness (QED) is 0.859. The van der Waals surface area contributed by atoms with Gasteiger partial charge in [-0.2, -0.15) is 0 Å². The van der Waals surface area contributed by atoms with Crippen LogP contribution in [0.1, 0.15) is 38.7 Å². The van der Waals surface area contributed by atoms with E-state index in [0.717, 1.165) is 19.3 Å². The van der Waals surface area contributed by atoms with Crippen LogP contribution in [0.15, 0.2) is 30.5 Å². The molecule has 0 saturated heterocycles. The Morgan fingerprint density at radius 3 is 2.85 bits per heavy atom. The molecule has 0 radical (unpaired) electrons. The van der Waals surface area contributed by atoms with E-state index in [-0.39, 0.29) is 11.9 Å². The molecule has 0 fully saturated rings. The van der Waals surface area contributed by atoms with Crippen LogP contribution in [0, 0.1) is 0 Å². The van der Waals surface area contributed by atoms with E-state index in [4.69, 9.17) is 0 Å². The first-order valence-corrected chi connectivity index (χ1v) is 7.44. The van der Waals surface area contributed by atoms with Crippen LogP contribution < -0.4 is 5.32 Å². The second kappa shape index (κ2) is 6.60. The van der Waals surface area contributed by atoms with Gasteiger partial charge in [0.25, 0.3) is 0 Å². The Bertz CT molecular complexity index is 586. The zero-order valence-corrected chi connectivity index (χ0v) is 12.6. The molecule has 0 saturated carbocycles. The van der Waals surface area contributed by atoms with Crippen molar-refractivity contribution in [2.75, 3.05) is 0 Å². The Balaban J connectivity index is 1.92. The third-order valence-electron chi connectivity index (χ3n) is 3.85. The molecule has 1 N–H and O–H groups in total. The predicted molar refractivity (Wildman–Crippen MR) is 83.8 cm³/mol. The van der Waals surface area contributed by atoms with Gasteiger partial charge in [-0.3, -0.25) is 4.79 Å². The van der Waals surface area contributed by atoms with Crippen LogP contribution >= 0.6 is 0 Å². The molecule has 1 heterocycles. The first kappa shape index (κ1) is 14.6. The van der Waals surface area contributed by atoms with E-state index in [2.05, 4.69) is 54.3 Å². The lowest BCUT2D eigenvalue weighted by Gasteiger charge is -2.10. The molecule has 1 aromatic heterocycles. The summed E-state index contributed by atoms with van der Waals surface area (Å²) in [5, 5.41) is 4.32. The van der Waals surface area contributed by atoms with Crippen molar-refractivity contribution in [3.63, 3.8) is 0 Å². The van der Waals surface area contributed by atoms with E-state index in [1.807, 2.05) is 6.92 Å². The van der Waals surface area contributed by atoms with Gasteiger partial charge < -0.3 is 9.88 Å². The van der Waals surface area contributed by atoms with E-state index < -0.39 is 0 Å². The molecular weight excluding hydrogens is 248 g/mol. The lowest BCUT2D eigenvalue weighted by Crippen LogP contribution is -2.31. The Morgan fingerprint density at radius 2 is 2.10 bits per heavy atom. The number of aryl methyl sites for hydroxylation is 2. The maximum atomic E-state index is 11.8. The largest absolute Gasteiger partial charge is 0.354 e. The molecule has 3 nitrogen and oxygen atoms in total. The maximum Gasteiger partial charge on any atom is 0.220 e. The van der Waals surface area contributed by atoms with Gasteiger partial charge in [0, 0.05) is 36.6 Å². The zero-order valence-electron chi connectivity index (χ0n) is 12.6. The van der Waals surface area contributed by atoms with E-state index >= 15 is 0 Å². The summed E-state index contributed by atoms with van der Waals surface area (Å²) in [6.45, 7) is 4.13. The fraction of sp³-hybridized carbons (Fsp3) is 0.471. The lowest BCUT2D eigenvalue weighted by atomic mass is 10.1. The van der Waals surface area contributed by atoms with Crippen molar-refractivity contribution in [1.82, 2.24) is 9.88 Å². The number of fused-ring (bicyclic) bond motifs is 1. The van der Waals surface area contributed by atoms with Crippen molar-refractivity contribution in [2.45, 2.75) is 45.6 Å². The van der Waals surface area contributed by atoms with E-state index in [0.29, 0.717) is 6.42 Å². The average Bonchev–Trinajstić information content (AvgIpc) is 2.76. The van der Waals surface area contributed by atoms with Crippen molar-refractivity contribution < 1.29 is 4.79 Å². The van der Waals surface area contributed by atoms with Crippen molar-refractivity contribution in [3.8, 4) is 0 Å². The van der Waals surface area contributed by atoms with Gasteiger partial charge in [-0.1, -0.05) is 25.1 Å². The number of para-hydroxylation sites is 1. The highest BCUT2D eigenvalue weighted by Gasteiger charge is 2.08. The van der Waals surface area contributed by atoms with Crippen LogP contribution in [0.2, 0.25) is 0 Å². The van der Waals surface area contributed by atoms with Gasteiger partial charge in [-0.05, 0) is 37.8 Å². The number of amides is 1. The molecule has 1 aromatic carbocycles. The van der Waals surface area contributed by atoms with Gasteiger partial charge in [0.1, 0.15) is 0 Å². The second-order valence-corrected chi connectivity index (χ2v) is 5.51.